The van der Waals surface area contributed by atoms with Crippen molar-refractivity contribution in [3.8, 4) is 0 Å². The van der Waals surface area contributed by atoms with Crippen molar-refractivity contribution >= 4 is 28.4 Å². The number of rotatable bonds is 4. The molecule has 0 spiro atoms. The molecule has 0 radical (unpaired) electrons. The lowest BCUT2D eigenvalue weighted by Gasteiger charge is -2.36. The number of thioether (sulfide) groups is 1. The Morgan fingerprint density at radius 3 is 2.33 bits per heavy atom. The van der Waals surface area contributed by atoms with Crippen molar-refractivity contribution < 1.29 is 0 Å². The quantitative estimate of drug-likeness (QED) is 0.602. The maximum Gasteiger partial charge on any atom is 0.0737 e. The highest BCUT2D eigenvalue weighted by Gasteiger charge is 2.18. The van der Waals surface area contributed by atoms with Gasteiger partial charge in [0.15, 0.2) is 0 Å². The molecule has 0 aliphatic carbocycles. The van der Waals surface area contributed by atoms with Crippen molar-refractivity contribution in [2.75, 3.05) is 37.3 Å². The van der Waals surface area contributed by atoms with E-state index in [1.165, 1.54) is 27.1 Å². The van der Waals surface area contributed by atoms with Crippen LogP contribution >= 0.6 is 11.8 Å². The summed E-state index contributed by atoms with van der Waals surface area (Å²) in [5, 5.41) is 1.30. The maximum atomic E-state index is 4.77. The highest BCUT2D eigenvalue weighted by Crippen LogP contribution is 2.25. The van der Waals surface area contributed by atoms with Crippen molar-refractivity contribution in [3.05, 3.63) is 65.4 Å². The second-order valence-corrected chi connectivity index (χ2v) is 8.23. The van der Waals surface area contributed by atoms with Gasteiger partial charge in [-0.2, -0.15) is 0 Å². The molecule has 0 unspecified atom stereocenters. The van der Waals surface area contributed by atoms with Crippen LogP contribution in [0.3, 0.4) is 0 Å². The Kier molecular flexibility index (Phi) is 5.37. The number of pyridine rings is 1. The number of fused-ring (bicyclic) bond motifs is 1. The van der Waals surface area contributed by atoms with Gasteiger partial charge in [0, 0.05) is 54.4 Å². The zero-order valence-electron chi connectivity index (χ0n) is 16.4. The number of piperazine rings is 1. The second kappa shape index (κ2) is 7.91. The van der Waals surface area contributed by atoms with Gasteiger partial charge in [0.2, 0.25) is 0 Å². The highest BCUT2D eigenvalue weighted by molar-refractivity contribution is 7.98. The van der Waals surface area contributed by atoms with Crippen molar-refractivity contribution in [2.24, 2.45) is 0 Å². The van der Waals surface area contributed by atoms with Gasteiger partial charge >= 0.3 is 0 Å². The molecular formula is C23H27N3S. The highest BCUT2D eigenvalue weighted by atomic mass is 32.2. The lowest BCUT2D eigenvalue weighted by Crippen LogP contribution is -2.46. The lowest BCUT2D eigenvalue weighted by atomic mass is 10.0. The molecular weight excluding hydrogens is 350 g/mol. The molecule has 1 aromatic heterocycles. The van der Waals surface area contributed by atoms with Gasteiger partial charge in [-0.1, -0.05) is 18.2 Å². The smallest absolute Gasteiger partial charge is 0.0737 e. The van der Waals surface area contributed by atoms with Gasteiger partial charge in [-0.3, -0.25) is 9.88 Å². The Hall–Kier alpha value is -2.04. The van der Waals surface area contributed by atoms with E-state index in [0.29, 0.717) is 0 Å². The molecule has 1 aliphatic heterocycles. The fraction of sp³-hybridized carbons (Fsp3) is 0.348. The summed E-state index contributed by atoms with van der Waals surface area (Å²) in [4.78, 5) is 11.2. The molecule has 3 nitrogen and oxygen atoms in total. The van der Waals surface area contributed by atoms with Crippen LogP contribution in [0.15, 0.2) is 53.4 Å². The van der Waals surface area contributed by atoms with E-state index in [1.807, 2.05) is 0 Å². The first-order valence-electron chi connectivity index (χ1n) is 9.61. The van der Waals surface area contributed by atoms with Crippen molar-refractivity contribution in [2.45, 2.75) is 25.3 Å². The van der Waals surface area contributed by atoms with Gasteiger partial charge in [0.05, 0.1) is 5.52 Å². The SMILES string of the molecule is CSc1ccc(N2CCN(Cc3ccc(C)c4nc(C)ccc34)CC2)cc1. The van der Waals surface area contributed by atoms with Crippen molar-refractivity contribution in [3.63, 3.8) is 0 Å². The number of nitrogens with zero attached hydrogens (tertiary/aromatic N) is 3. The first-order valence-corrected chi connectivity index (χ1v) is 10.8. The van der Waals surface area contributed by atoms with Gasteiger partial charge in [-0.25, -0.2) is 0 Å². The van der Waals surface area contributed by atoms with Crippen LogP contribution in [0.4, 0.5) is 5.69 Å². The van der Waals surface area contributed by atoms with E-state index in [2.05, 4.69) is 78.4 Å². The summed E-state index contributed by atoms with van der Waals surface area (Å²) < 4.78 is 0. The van der Waals surface area contributed by atoms with Gasteiger partial charge in [0.1, 0.15) is 0 Å². The fourth-order valence-electron chi connectivity index (χ4n) is 3.85. The predicted octanol–water partition coefficient (Wildman–Crippen LogP) is 4.90. The fourth-order valence-corrected chi connectivity index (χ4v) is 4.25. The lowest BCUT2D eigenvalue weighted by molar-refractivity contribution is 0.250. The molecule has 2 aromatic carbocycles. The van der Waals surface area contributed by atoms with Crippen LogP contribution in [0.1, 0.15) is 16.8 Å². The Morgan fingerprint density at radius 2 is 1.63 bits per heavy atom. The zero-order chi connectivity index (χ0) is 18.8. The van der Waals surface area contributed by atoms with Crippen molar-refractivity contribution in [1.29, 1.82) is 0 Å². The maximum absolute atomic E-state index is 4.77. The molecule has 0 saturated carbocycles. The molecule has 2 heterocycles. The number of aromatic nitrogens is 1. The Balaban J connectivity index is 1.45. The number of aryl methyl sites for hydroxylation is 2. The van der Waals surface area contributed by atoms with E-state index in [1.54, 1.807) is 11.8 Å². The summed E-state index contributed by atoms with van der Waals surface area (Å²) in [6.45, 7) is 9.58. The van der Waals surface area contributed by atoms with Gasteiger partial charge in [-0.05, 0) is 61.6 Å². The zero-order valence-corrected chi connectivity index (χ0v) is 17.2. The van der Waals surface area contributed by atoms with Gasteiger partial charge in [0.25, 0.3) is 0 Å². The molecule has 1 fully saturated rings. The first kappa shape index (κ1) is 18.3. The minimum atomic E-state index is 1.00. The van der Waals surface area contributed by atoms with E-state index >= 15 is 0 Å². The molecule has 3 aromatic rings. The molecule has 1 saturated heterocycles. The van der Waals surface area contributed by atoms with E-state index in [9.17, 15) is 0 Å². The molecule has 27 heavy (non-hydrogen) atoms. The minimum Gasteiger partial charge on any atom is -0.369 e. The third-order valence-electron chi connectivity index (χ3n) is 5.49. The van der Waals surface area contributed by atoms with Gasteiger partial charge in [-0.15, -0.1) is 11.8 Å². The minimum absolute atomic E-state index is 1.00. The first-order chi connectivity index (χ1) is 13.1. The number of anilines is 1. The molecule has 140 valence electrons. The Morgan fingerprint density at radius 1 is 0.889 bits per heavy atom. The predicted molar refractivity (Wildman–Crippen MR) is 117 cm³/mol. The molecule has 0 amide bonds. The normalized spacial score (nSPS) is 15.4. The van der Waals surface area contributed by atoms with Crippen molar-refractivity contribution in [1.82, 2.24) is 9.88 Å². The topological polar surface area (TPSA) is 19.4 Å². The number of hydrogen-bond donors (Lipinski definition) is 0. The summed E-state index contributed by atoms with van der Waals surface area (Å²) in [6.07, 6.45) is 2.12. The molecule has 4 heteroatoms. The average Bonchev–Trinajstić information content (AvgIpc) is 2.71. The molecule has 4 rings (SSSR count). The van der Waals surface area contributed by atoms with E-state index in [0.717, 1.165) is 43.9 Å². The van der Waals surface area contributed by atoms with E-state index in [-0.39, 0.29) is 0 Å². The standard InChI is InChI=1S/C23H27N3S/c1-17-4-6-19(22-11-5-18(2)24-23(17)22)16-25-12-14-26(15-13-25)20-7-9-21(27-3)10-8-20/h4-11H,12-16H2,1-3H3. The summed E-state index contributed by atoms with van der Waals surface area (Å²) >= 11 is 1.80. The van der Waals surface area contributed by atoms with Crippen LogP contribution in [0.2, 0.25) is 0 Å². The van der Waals surface area contributed by atoms with Crippen LogP contribution in [-0.4, -0.2) is 42.3 Å². The molecule has 1 aliphatic rings. The number of benzene rings is 2. The monoisotopic (exact) mass is 377 g/mol. The Labute approximate surface area is 166 Å². The average molecular weight is 378 g/mol. The summed E-state index contributed by atoms with van der Waals surface area (Å²) in [5.74, 6) is 0. The third kappa shape index (κ3) is 3.97. The van der Waals surface area contributed by atoms with E-state index in [4.69, 9.17) is 4.98 Å². The number of hydrogen-bond acceptors (Lipinski definition) is 4. The Bertz CT molecular complexity index is 928. The van der Waals surface area contributed by atoms with E-state index < -0.39 is 0 Å². The van der Waals surface area contributed by atoms with Crippen LogP contribution in [0.5, 0.6) is 0 Å². The molecule has 0 bridgehead atoms. The van der Waals surface area contributed by atoms with Crippen LogP contribution in [0, 0.1) is 13.8 Å². The van der Waals surface area contributed by atoms with Gasteiger partial charge < -0.3 is 4.90 Å². The molecule has 0 atom stereocenters. The van der Waals surface area contributed by atoms with Crippen LogP contribution in [0.25, 0.3) is 10.9 Å². The second-order valence-electron chi connectivity index (χ2n) is 7.35. The third-order valence-corrected chi connectivity index (χ3v) is 6.24. The van der Waals surface area contributed by atoms with Crippen LogP contribution in [-0.2, 0) is 6.54 Å². The molecule has 0 N–H and O–H groups in total. The summed E-state index contributed by atoms with van der Waals surface area (Å²) in [7, 11) is 0. The summed E-state index contributed by atoms with van der Waals surface area (Å²) in [5.41, 5.74) is 6.23. The van der Waals surface area contributed by atoms with Crippen LogP contribution < -0.4 is 4.90 Å². The summed E-state index contributed by atoms with van der Waals surface area (Å²) in [6, 6.07) is 17.8. The largest absolute Gasteiger partial charge is 0.369 e.